The molecule has 86 valence electrons. The number of nitrogens with two attached hydrogens (primary N) is 1. The number of carbonyl (C=O) groups excluding carboxylic acids is 1. The standard InChI is InChI=1S/C11H20N2O2/c12-10-3-1-2-9(10)11(15)13-6-7-4-8(14)5-7/h7-10,14H,1-6,12H2,(H,13,15). The summed E-state index contributed by atoms with van der Waals surface area (Å²) in [6.07, 6.45) is 4.50. The van der Waals surface area contributed by atoms with E-state index >= 15 is 0 Å². The van der Waals surface area contributed by atoms with Crippen molar-refractivity contribution in [1.82, 2.24) is 5.32 Å². The minimum absolute atomic E-state index is 0.0231. The van der Waals surface area contributed by atoms with Gasteiger partial charge in [-0.15, -0.1) is 0 Å². The van der Waals surface area contributed by atoms with Crippen molar-refractivity contribution in [3.8, 4) is 0 Å². The second kappa shape index (κ2) is 4.49. The molecule has 4 nitrogen and oxygen atoms in total. The van der Waals surface area contributed by atoms with Crippen molar-refractivity contribution in [2.24, 2.45) is 17.6 Å². The van der Waals surface area contributed by atoms with E-state index in [4.69, 9.17) is 10.8 Å². The predicted octanol–water partition coefficient (Wildman–Crippen LogP) is 0.000900. The summed E-state index contributed by atoms with van der Waals surface area (Å²) < 4.78 is 0. The Morgan fingerprint density at radius 2 is 2.13 bits per heavy atom. The van der Waals surface area contributed by atoms with Crippen molar-refractivity contribution in [3.05, 3.63) is 0 Å². The summed E-state index contributed by atoms with van der Waals surface area (Å²) in [5, 5.41) is 12.1. The molecule has 2 rings (SSSR count). The first-order valence-corrected chi connectivity index (χ1v) is 5.88. The van der Waals surface area contributed by atoms with Crippen LogP contribution in [0, 0.1) is 11.8 Å². The van der Waals surface area contributed by atoms with E-state index in [1.165, 1.54) is 0 Å². The molecule has 0 radical (unpaired) electrons. The zero-order valence-corrected chi connectivity index (χ0v) is 8.98. The Morgan fingerprint density at radius 1 is 1.40 bits per heavy atom. The number of aliphatic hydroxyl groups is 1. The van der Waals surface area contributed by atoms with Crippen molar-refractivity contribution in [2.75, 3.05) is 6.54 Å². The van der Waals surface area contributed by atoms with Crippen LogP contribution in [0.25, 0.3) is 0 Å². The number of nitrogens with one attached hydrogen (secondary N) is 1. The fourth-order valence-corrected chi connectivity index (χ4v) is 2.56. The minimum atomic E-state index is -0.138. The molecule has 0 spiro atoms. The number of hydrogen-bond acceptors (Lipinski definition) is 3. The molecule has 0 aromatic heterocycles. The molecule has 0 bridgehead atoms. The second-order valence-electron chi connectivity index (χ2n) is 4.94. The van der Waals surface area contributed by atoms with E-state index in [1.807, 2.05) is 0 Å². The topological polar surface area (TPSA) is 75.4 Å². The normalized spacial score (nSPS) is 39.9. The van der Waals surface area contributed by atoms with E-state index in [9.17, 15) is 4.79 Å². The van der Waals surface area contributed by atoms with Gasteiger partial charge in [0.05, 0.1) is 12.0 Å². The van der Waals surface area contributed by atoms with Crippen LogP contribution in [-0.4, -0.2) is 29.7 Å². The number of carbonyl (C=O) groups is 1. The molecule has 0 saturated heterocycles. The van der Waals surface area contributed by atoms with Gasteiger partial charge in [0.15, 0.2) is 0 Å². The van der Waals surface area contributed by atoms with Crippen LogP contribution in [-0.2, 0) is 4.79 Å². The van der Waals surface area contributed by atoms with Crippen molar-refractivity contribution >= 4 is 5.91 Å². The molecule has 0 aromatic rings. The van der Waals surface area contributed by atoms with Gasteiger partial charge in [-0.2, -0.15) is 0 Å². The zero-order chi connectivity index (χ0) is 10.8. The van der Waals surface area contributed by atoms with E-state index in [0.29, 0.717) is 12.5 Å². The lowest BCUT2D eigenvalue weighted by molar-refractivity contribution is -0.125. The fraction of sp³-hybridized carbons (Fsp3) is 0.909. The van der Waals surface area contributed by atoms with Gasteiger partial charge in [0, 0.05) is 12.6 Å². The summed E-state index contributed by atoms with van der Waals surface area (Å²) >= 11 is 0. The van der Waals surface area contributed by atoms with Crippen LogP contribution in [0.4, 0.5) is 0 Å². The molecule has 0 heterocycles. The van der Waals surface area contributed by atoms with Crippen LogP contribution in [0.3, 0.4) is 0 Å². The maximum atomic E-state index is 11.7. The average molecular weight is 212 g/mol. The zero-order valence-electron chi connectivity index (χ0n) is 8.98. The monoisotopic (exact) mass is 212 g/mol. The number of aliphatic hydroxyl groups excluding tert-OH is 1. The number of hydrogen-bond donors (Lipinski definition) is 3. The van der Waals surface area contributed by atoms with E-state index in [-0.39, 0.29) is 24.0 Å². The third kappa shape index (κ3) is 2.49. The van der Waals surface area contributed by atoms with Gasteiger partial charge >= 0.3 is 0 Å². The van der Waals surface area contributed by atoms with Gasteiger partial charge < -0.3 is 16.2 Å². The van der Waals surface area contributed by atoms with Crippen molar-refractivity contribution in [3.63, 3.8) is 0 Å². The molecule has 2 aliphatic rings. The molecule has 1 amide bonds. The highest BCUT2D eigenvalue weighted by atomic mass is 16.3. The lowest BCUT2D eigenvalue weighted by atomic mass is 9.82. The molecule has 2 aliphatic carbocycles. The fourth-order valence-electron chi connectivity index (χ4n) is 2.56. The summed E-state index contributed by atoms with van der Waals surface area (Å²) in [5.41, 5.74) is 5.85. The first kappa shape index (κ1) is 10.9. The summed E-state index contributed by atoms with van der Waals surface area (Å²) in [6, 6.07) is 0.0528. The molecule has 2 saturated carbocycles. The quantitative estimate of drug-likeness (QED) is 0.616. The van der Waals surface area contributed by atoms with Gasteiger partial charge in [-0.25, -0.2) is 0 Å². The van der Waals surface area contributed by atoms with Crippen LogP contribution in [0.5, 0.6) is 0 Å². The molecule has 0 aliphatic heterocycles. The van der Waals surface area contributed by atoms with Crippen molar-refractivity contribution in [2.45, 2.75) is 44.2 Å². The summed E-state index contributed by atoms with van der Waals surface area (Å²) in [4.78, 5) is 11.7. The SMILES string of the molecule is NC1CCCC1C(=O)NCC1CC(O)C1. The van der Waals surface area contributed by atoms with Gasteiger partial charge in [0.25, 0.3) is 0 Å². The number of rotatable bonds is 3. The highest BCUT2D eigenvalue weighted by Crippen LogP contribution is 2.27. The van der Waals surface area contributed by atoms with Gasteiger partial charge in [-0.05, 0) is 31.6 Å². The van der Waals surface area contributed by atoms with E-state index in [2.05, 4.69) is 5.32 Å². The minimum Gasteiger partial charge on any atom is -0.393 e. The maximum absolute atomic E-state index is 11.7. The second-order valence-corrected chi connectivity index (χ2v) is 4.94. The van der Waals surface area contributed by atoms with Crippen molar-refractivity contribution < 1.29 is 9.90 Å². The molecule has 2 atom stereocenters. The van der Waals surface area contributed by atoms with Gasteiger partial charge in [0.2, 0.25) is 5.91 Å². The molecule has 15 heavy (non-hydrogen) atoms. The number of amides is 1. The molecule has 2 unspecified atom stereocenters. The van der Waals surface area contributed by atoms with Crippen molar-refractivity contribution in [1.29, 1.82) is 0 Å². The average Bonchev–Trinajstić information content (AvgIpc) is 2.57. The van der Waals surface area contributed by atoms with Crippen LogP contribution in [0.1, 0.15) is 32.1 Å². The Bertz CT molecular complexity index is 239. The Labute approximate surface area is 90.2 Å². The lowest BCUT2D eigenvalue weighted by Crippen LogP contribution is -2.43. The largest absolute Gasteiger partial charge is 0.393 e. The van der Waals surface area contributed by atoms with E-state index in [0.717, 1.165) is 32.1 Å². The predicted molar refractivity (Wildman–Crippen MR) is 57.1 cm³/mol. The molecule has 4 N–H and O–H groups in total. The molecule has 0 aromatic carbocycles. The molecular formula is C11H20N2O2. The maximum Gasteiger partial charge on any atom is 0.224 e. The Balaban J connectivity index is 1.68. The highest BCUT2D eigenvalue weighted by molar-refractivity contribution is 5.79. The highest BCUT2D eigenvalue weighted by Gasteiger charge is 2.32. The first-order valence-electron chi connectivity index (χ1n) is 5.88. The van der Waals surface area contributed by atoms with Gasteiger partial charge in [-0.3, -0.25) is 4.79 Å². The Hall–Kier alpha value is -0.610. The summed E-state index contributed by atoms with van der Waals surface area (Å²) in [5.74, 6) is 0.609. The summed E-state index contributed by atoms with van der Waals surface area (Å²) in [6.45, 7) is 0.707. The van der Waals surface area contributed by atoms with Crippen LogP contribution < -0.4 is 11.1 Å². The van der Waals surface area contributed by atoms with Gasteiger partial charge in [-0.1, -0.05) is 6.42 Å². The summed E-state index contributed by atoms with van der Waals surface area (Å²) in [7, 11) is 0. The third-order valence-corrected chi connectivity index (χ3v) is 3.68. The van der Waals surface area contributed by atoms with E-state index in [1.54, 1.807) is 0 Å². The Morgan fingerprint density at radius 3 is 2.67 bits per heavy atom. The first-order chi connectivity index (χ1) is 7.16. The molecular weight excluding hydrogens is 192 g/mol. The molecule has 4 heteroatoms. The lowest BCUT2D eigenvalue weighted by Gasteiger charge is -2.31. The van der Waals surface area contributed by atoms with E-state index < -0.39 is 0 Å². The van der Waals surface area contributed by atoms with Gasteiger partial charge in [0.1, 0.15) is 0 Å². The Kier molecular flexibility index (Phi) is 3.26. The smallest absolute Gasteiger partial charge is 0.224 e. The third-order valence-electron chi connectivity index (χ3n) is 3.68. The molecule has 2 fully saturated rings. The van der Waals surface area contributed by atoms with Crippen LogP contribution in [0.15, 0.2) is 0 Å². The van der Waals surface area contributed by atoms with Crippen LogP contribution in [0.2, 0.25) is 0 Å². The van der Waals surface area contributed by atoms with Crippen LogP contribution >= 0.6 is 0 Å².